The van der Waals surface area contributed by atoms with Crippen LogP contribution in [0.5, 0.6) is 11.5 Å². The fourth-order valence-electron chi connectivity index (χ4n) is 2.63. The highest BCUT2D eigenvalue weighted by molar-refractivity contribution is 5.54. The summed E-state index contributed by atoms with van der Waals surface area (Å²) >= 11 is 0. The molecule has 4 heteroatoms. The predicted molar refractivity (Wildman–Crippen MR) is 80.8 cm³/mol. The van der Waals surface area contributed by atoms with Gasteiger partial charge in [-0.1, -0.05) is 6.92 Å². The Balaban J connectivity index is 2.09. The second-order valence-corrected chi connectivity index (χ2v) is 5.59. The molecule has 4 nitrogen and oxygen atoms in total. The highest BCUT2D eigenvalue weighted by Gasteiger charge is 2.31. The lowest BCUT2D eigenvalue weighted by Crippen LogP contribution is -2.41. The Morgan fingerprint density at radius 3 is 2.45 bits per heavy atom. The van der Waals surface area contributed by atoms with Crippen LogP contribution < -0.4 is 14.8 Å². The molecule has 1 aliphatic rings. The van der Waals surface area contributed by atoms with Crippen molar-refractivity contribution < 1.29 is 14.2 Å². The first-order chi connectivity index (χ1) is 9.58. The minimum atomic E-state index is -0.0150. The zero-order valence-corrected chi connectivity index (χ0v) is 12.9. The molecule has 1 aromatic carbocycles. The van der Waals surface area contributed by atoms with Crippen molar-refractivity contribution in [3.05, 3.63) is 18.2 Å². The van der Waals surface area contributed by atoms with Crippen LogP contribution in [0.15, 0.2) is 18.2 Å². The highest BCUT2D eigenvalue weighted by Crippen LogP contribution is 2.31. The minimum absolute atomic E-state index is 0.0150. The van der Waals surface area contributed by atoms with Crippen LogP contribution in [0.2, 0.25) is 0 Å². The summed E-state index contributed by atoms with van der Waals surface area (Å²) in [6, 6.07) is 6.30. The summed E-state index contributed by atoms with van der Waals surface area (Å²) in [6.07, 6.45) is 3.07. The molecule has 0 saturated carbocycles. The molecule has 1 saturated heterocycles. The number of methoxy groups -OCH3 is 2. The zero-order valence-electron chi connectivity index (χ0n) is 12.9. The van der Waals surface area contributed by atoms with E-state index >= 15 is 0 Å². The van der Waals surface area contributed by atoms with Gasteiger partial charge in [-0.15, -0.1) is 0 Å². The Bertz CT molecular complexity index is 427. The molecule has 0 radical (unpaired) electrons. The van der Waals surface area contributed by atoms with E-state index in [2.05, 4.69) is 19.2 Å². The maximum atomic E-state index is 5.88. The Hall–Kier alpha value is -1.42. The highest BCUT2D eigenvalue weighted by atomic mass is 16.5. The molecule has 20 heavy (non-hydrogen) atoms. The fourth-order valence-corrected chi connectivity index (χ4v) is 2.63. The third-order valence-electron chi connectivity index (χ3n) is 4.07. The quantitative estimate of drug-likeness (QED) is 0.896. The van der Waals surface area contributed by atoms with Crippen LogP contribution in [0.1, 0.15) is 33.1 Å². The van der Waals surface area contributed by atoms with Gasteiger partial charge in [0.2, 0.25) is 0 Å². The van der Waals surface area contributed by atoms with Crippen molar-refractivity contribution in [2.75, 3.05) is 26.1 Å². The molecule has 112 valence electrons. The molecule has 1 heterocycles. The number of nitrogens with one attached hydrogen (secondary N) is 1. The molecule has 1 N–H and O–H groups in total. The van der Waals surface area contributed by atoms with Gasteiger partial charge in [0.05, 0.1) is 19.8 Å². The minimum Gasteiger partial charge on any atom is -0.497 e. The lowest BCUT2D eigenvalue weighted by molar-refractivity contribution is -0.0708. The van der Waals surface area contributed by atoms with E-state index in [1.165, 1.54) is 0 Å². The van der Waals surface area contributed by atoms with Gasteiger partial charge in [0.1, 0.15) is 11.5 Å². The van der Waals surface area contributed by atoms with E-state index in [1.807, 2.05) is 18.2 Å². The summed E-state index contributed by atoms with van der Waals surface area (Å²) in [6.45, 7) is 5.17. The molecule has 0 aromatic heterocycles. The maximum absolute atomic E-state index is 5.88. The van der Waals surface area contributed by atoms with Gasteiger partial charge in [-0.05, 0) is 26.2 Å². The van der Waals surface area contributed by atoms with Gasteiger partial charge >= 0.3 is 0 Å². The number of hydrogen-bond acceptors (Lipinski definition) is 4. The van der Waals surface area contributed by atoms with E-state index in [9.17, 15) is 0 Å². The van der Waals surface area contributed by atoms with Crippen molar-refractivity contribution in [1.29, 1.82) is 0 Å². The Kier molecular flexibility index (Phi) is 4.76. The molecule has 2 atom stereocenters. The first-order valence-electron chi connectivity index (χ1n) is 7.22. The normalized spacial score (nSPS) is 26.1. The van der Waals surface area contributed by atoms with Gasteiger partial charge in [-0.3, -0.25) is 0 Å². The topological polar surface area (TPSA) is 39.7 Å². The van der Waals surface area contributed by atoms with E-state index in [-0.39, 0.29) is 5.60 Å². The van der Waals surface area contributed by atoms with Gasteiger partial charge < -0.3 is 19.5 Å². The Labute approximate surface area is 121 Å². The summed E-state index contributed by atoms with van der Waals surface area (Å²) in [5, 5.41) is 3.58. The largest absolute Gasteiger partial charge is 0.497 e. The van der Waals surface area contributed by atoms with Crippen molar-refractivity contribution in [2.24, 2.45) is 0 Å². The first-order valence-corrected chi connectivity index (χ1v) is 7.22. The molecule has 2 rings (SSSR count). The molecular formula is C16H25NO3. The number of hydrogen-bond donors (Lipinski definition) is 1. The number of rotatable bonds is 5. The summed E-state index contributed by atoms with van der Waals surface area (Å²) in [5.74, 6) is 1.61. The zero-order chi connectivity index (χ0) is 14.6. The molecule has 1 aromatic rings. The standard InChI is InChI=1S/C16H25NO3/c1-5-16(2)11-12(6-7-20-16)17-13-8-14(18-3)10-15(9-13)19-4/h8-10,12,17H,5-7,11H2,1-4H3. The third kappa shape index (κ3) is 3.57. The van der Waals surface area contributed by atoms with E-state index in [0.717, 1.165) is 43.1 Å². The second-order valence-electron chi connectivity index (χ2n) is 5.59. The van der Waals surface area contributed by atoms with E-state index in [4.69, 9.17) is 14.2 Å². The summed E-state index contributed by atoms with van der Waals surface area (Å²) in [5.41, 5.74) is 1.02. The molecule has 0 bridgehead atoms. The third-order valence-corrected chi connectivity index (χ3v) is 4.07. The van der Waals surface area contributed by atoms with E-state index < -0.39 is 0 Å². The van der Waals surface area contributed by atoms with Gasteiger partial charge in [0.25, 0.3) is 0 Å². The van der Waals surface area contributed by atoms with Crippen LogP contribution in [0.4, 0.5) is 5.69 Å². The Morgan fingerprint density at radius 2 is 1.90 bits per heavy atom. The smallest absolute Gasteiger partial charge is 0.124 e. The molecule has 2 unspecified atom stereocenters. The Morgan fingerprint density at radius 1 is 1.25 bits per heavy atom. The molecular weight excluding hydrogens is 254 g/mol. The molecule has 1 fully saturated rings. The molecule has 0 aliphatic carbocycles. The van der Waals surface area contributed by atoms with Crippen LogP contribution in [-0.4, -0.2) is 32.5 Å². The van der Waals surface area contributed by atoms with Gasteiger partial charge in [-0.25, -0.2) is 0 Å². The predicted octanol–water partition coefficient (Wildman–Crippen LogP) is 3.46. The van der Waals surface area contributed by atoms with Gasteiger partial charge in [0.15, 0.2) is 0 Å². The van der Waals surface area contributed by atoms with E-state index in [0.29, 0.717) is 6.04 Å². The fraction of sp³-hybridized carbons (Fsp3) is 0.625. The summed E-state index contributed by atoms with van der Waals surface area (Å²) in [7, 11) is 3.34. The first kappa shape index (κ1) is 15.0. The lowest BCUT2D eigenvalue weighted by Gasteiger charge is -2.38. The summed E-state index contributed by atoms with van der Waals surface area (Å²) in [4.78, 5) is 0. The van der Waals surface area contributed by atoms with Crippen molar-refractivity contribution in [3.63, 3.8) is 0 Å². The van der Waals surface area contributed by atoms with Crippen LogP contribution in [0.3, 0.4) is 0 Å². The van der Waals surface area contributed by atoms with Crippen LogP contribution in [-0.2, 0) is 4.74 Å². The second kappa shape index (κ2) is 6.35. The van der Waals surface area contributed by atoms with Crippen molar-refractivity contribution in [3.8, 4) is 11.5 Å². The SMILES string of the molecule is CCC1(C)CC(Nc2cc(OC)cc(OC)c2)CCO1. The maximum Gasteiger partial charge on any atom is 0.124 e. The summed E-state index contributed by atoms with van der Waals surface area (Å²) < 4.78 is 16.5. The van der Waals surface area contributed by atoms with Crippen molar-refractivity contribution in [1.82, 2.24) is 0 Å². The monoisotopic (exact) mass is 279 g/mol. The van der Waals surface area contributed by atoms with Crippen molar-refractivity contribution in [2.45, 2.75) is 44.8 Å². The average molecular weight is 279 g/mol. The van der Waals surface area contributed by atoms with Gasteiger partial charge in [-0.2, -0.15) is 0 Å². The van der Waals surface area contributed by atoms with Crippen LogP contribution in [0, 0.1) is 0 Å². The van der Waals surface area contributed by atoms with Crippen LogP contribution in [0.25, 0.3) is 0 Å². The van der Waals surface area contributed by atoms with Gasteiger partial charge in [0, 0.05) is 36.5 Å². The molecule has 0 amide bonds. The number of ether oxygens (including phenoxy) is 3. The number of anilines is 1. The molecule has 0 spiro atoms. The number of benzene rings is 1. The van der Waals surface area contributed by atoms with E-state index in [1.54, 1.807) is 14.2 Å². The lowest BCUT2D eigenvalue weighted by atomic mass is 9.90. The average Bonchev–Trinajstić information content (AvgIpc) is 2.47. The van der Waals surface area contributed by atoms with Crippen LogP contribution >= 0.6 is 0 Å². The molecule has 1 aliphatic heterocycles. The van der Waals surface area contributed by atoms with Crippen molar-refractivity contribution >= 4 is 5.69 Å².